The lowest BCUT2D eigenvalue weighted by atomic mass is 10.1. The van der Waals surface area contributed by atoms with Crippen molar-refractivity contribution >= 4 is 23.4 Å². The standard InChI is InChI=1S/C13H15ClO4/c1-3-4-11(15)9-5-6-12(10(14)7-9)18-8(2)13(16)17/h5-8H,3-4H2,1-2H3,(H,16,17). The van der Waals surface area contributed by atoms with Crippen LogP contribution in [0.4, 0.5) is 0 Å². The summed E-state index contributed by atoms with van der Waals surface area (Å²) < 4.78 is 5.16. The van der Waals surface area contributed by atoms with Crippen LogP contribution >= 0.6 is 11.6 Å². The molecule has 0 aliphatic heterocycles. The first-order chi connectivity index (χ1) is 8.45. The Kier molecular flexibility index (Phi) is 5.16. The van der Waals surface area contributed by atoms with Crippen LogP contribution in [0.2, 0.25) is 5.02 Å². The van der Waals surface area contributed by atoms with Gasteiger partial charge in [-0.3, -0.25) is 4.79 Å². The fraction of sp³-hybridized carbons (Fsp3) is 0.385. The number of carbonyl (C=O) groups excluding carboxylic acids is 1. The van der Waals surface area contributed by atoms with Crippen LogP contribution in [0.1, 0.15) is 37.0 Å². The van der Waals surface area contributed by atoms with Gasteiger partial charge in [0.05, 0.1) is 5.02 Å². The van der Waals surface area contributed by atoms with Gasteiger partial charge in [-0.2, -0.15) is 0 Å². The van der Waals surface area contributed by atoms with E-state index in [4.69, 9.17) is 21.4 Å². The molecule has 0 aromatic heterocycles. The van der Waals surface area contributed by atoms with Gasteiger partial charge in [0.25, 0.3) is 0 Å². The summed E-state index contributed by atoms with van der Waals surface area (Å²) in [5, 5.41) is 8.97. The highest BCUT2D eigenvalue weighted by molar-refractivity contribution is 6.32. The van der Waals surface area contributed by atoms with Crippen molar-refractivity contribution in [1.29, 1.82) is 0 Å². The van der Waals surface area contributed by atoms with E-state index in [0.717, 1.165) is 6.42 Å². The van der Waals surface area contributed by atoms with Crippen LogP contribution in [0.25, 0.3) is 0 Å². The van der Waals surface area contributed by atoms with Crippen LogP contribution in [0.15, 0.2) is 18.2 Å². The first-order valence-electron chi connectivity index (χ1n) is 5.68. The SMILES string of the molecule is CCCC(=O)c1ccc(OC(C)C(=O)O)c(Cl)c1. The predicted octanol–water partition coefficient (Wildman–Crippen LogP) is 3.17. The molecule has 0 radical (unpaired) electrons. The lowest BCUT2D eigenvalue weighted by molar-refractivity contribution is -0.144. The van der Waals surface area contributed by atoms with Gasteiger partial charge in [-0.15, -0.1) is 0 Å². The Morgan fingerprint density at radius 3 is 2.61 bits per heavy atom. The average molecular weight is 271 g/mol. The number of hydrogen-bond acceptors (Lipinski definition) is 3. The zero-order valence-corrected chi connectivity index (χ0v) is 11.0. The molecule has 0 saturated carbocycles. The Morgan fingerprint density at radius 1 is 1.44 bits per heavy atom. The largest absolute Gasteiger partial charge is 0.479 e. The van der Waals surface area contributed by atoms with Gasteiger partial charge in [0, 0.05) is 12.0 Å². The highest BCUT2D eigenvalue weighted by atomic mass is 35.5. The second-order valence-electron chi connectivity index (χ2n) is 3.92. The molecule has 0 bridgehead atoms. The van der Waals surface area contributed by atoms with Crippen LogP contribution < -0.4 is 4.74 Å². The monoisotopic (exact) mass is 270 g/mol. The minimum absolute atomic E-state index is 0.0113. The second kappa shape index (κ2) is 6.40. The molecule has 4 nitrogen and oxygen atoms in total. The van der Waals surface area contributed by atoms with Gasteiger partial charge in [-0.1, -0.05) is 18.5 Å². The van der Waals surface area contributed by atoms with E-state index in [-0.39, 0.29) is 16.6 Å². The maximum Gasteiger partial charge on any atom is 0.344 e. The Labute approximate surface area is 111 Å². The van der Waals surface area contributed by atoms with E-state index in [2.05, 4.69) is 0 Å². The van der Waals surface area contributed by atoms with Crippen LogP contribution in [-0.2, 0) is 4.79 Å². The van der Waals surface area contributed by atoms with E-state index in [1.165, 1.54) is 19.1 Å². The lowest BCUT2D eigenvalue weighted by Gasteiger charge is -2.12. The van der Waals surface area contributed by atoms with E-state index < -0.39 is 12.1 Å². The summed E-state index contributed by atoms with van der Waals surface area (Å²) in [6.07, 6.45) is 0.243. The van der Waals surface area contributed by atoms with E-state index >= 15 is 0 Å². The summed E-state index contributed by atoms with van der Waals surface area (Å²) in [5.74, 6) is -0.797. The van der Waals surface area contributed by atoms with Crippen LogP contribution in [0, 0.1) is 0 Å². The smallest absolute Gasteiger partial charge is 0.344 e. The molecule has 0 amide bonds. The first-order valence-corrected chi connectivity index (χ1v) is 6.05. The molecule has 0 aliphatic carbocycles. The minimum Gasteiger partial charge on any atom is -0.479 e. The highest BCUT2D eigenvalue weighted by Gasteiger charge is 2.15. The molecule has 5 heteroatoms. The molecule has 0 aliphatic rings. The Hall–Kier alpha value is -1.55. The van der Waals surface area contributed by atoms with Gasteiger partial charge in [0.2, 0.25) is 0 Å². The third kappa shape index (κ3) is 3.74. The van der Waals surface area contributed by atoms with E-state index in [0.29, 0.717) is 12.0 Å². The van der Waals surface area contributed by atoms with Crippen molar-refractivity contribution in [3.8, 4) is 5.75 Å². The van der Waals surface area contributed by atoms with Crippen molar-refractivity contribution in [1.82, 2.24) is 0 Å². The maximum atomic E-state index is 11.6. The van der Waals surface area contributed by atoms with Crippen molar-refractivity contribution in [3.05, 3.63) is 28.8 Å². The van der Waals surface area contributed by atoms with Crippen LogP contribution in [0.3, 0.4) is 0 Å². The van der Waals surface area contributed by atoms with Gasteiger partial charge < -0.3 is 9.84 Å². The van der Waals surface area contributed by atoms with Crippen molar-refractivity contribution in [2.24, 2.45) is 0 Å². The zero-order chi connectivity index (χ0) is 13.7. The molecule has 1 unspecified atom stereocenters. The quantitative estimate of drug-likeness (QED) is 0.807. The summed E-state index contributed by atoms with van der Waals surface area (Å²) in [6.45, 7) is 3.33. The number of aliphatic carboxylic acids is 1. The summed E-state index contributed by atoms with van der Waals surface area (Å²) in [4.78, 5) is 22.3. The Bertz CT molecular complexity index is 456. The Balaban J connectivity index is 2.86. The molecule has 1 aromatic rings. The third-order valence-electron chi connectivity index (χ3n) is 2.38. The van der Waals surface area contributed by atoms with Gasteiger partial charge >= 0.3 is 5.97 Å². The highest BCUT2D eigenvalue weighted by Crippen LogP contribution is 2.27. The number of Topliss-reactive ketones (excluding diaryl/α,β-unsaturated/α-hetero) is 1. The maximum absolute atomic E-state index is 11.6. The van der Waals surface area contributed by atoms with Crippen LogP contribution in [0.5, 0.6) is 5.75 Å². The van der Waals surface area contributed by atoms with Crippen LogP contribution in [-0.4, -0.2) is 23.0 Å². The molecule has 1 atom stereocenters. The molecule has 98 valence electrons. The number of ether oxygens (including phenoxy) is 1. The molecular weight excluding hydrogens is 256 g/mol. The fourth-order valence-corrected chi connectivity index (χ4v) is 1.61. The van der Waals surface area contributed by atoms with Gasteiger partial charge in [0.1, 0.15) is 5.75 Å². The van der Waals surface area contributed by atoms with Crippen molar-refractivity contribution in [2.45, 2.75) is 32.8 Å². The normalized spacial score (nSPS) is 11.9. The number of halogens is 1. The number of hydrogen-bond donors (Lipinski definition) is 1. The van der Waals surface area contributed by atoms with Gasteiger partial charge in [-0.25, -0.2) is 4.79 Å². The molecule has 18 heavy (non-hydrogen) atoms. The van der Waals surface area contributed by atoms with Crippen molar-refractivity contribution in [2.75, 3.05) is 0 Å². The molecule has 0 fully saturated rings. The first kappa shape index (κ1) is 14.5. The fourth-order valence-electron chi connectivity index (χ4n) is 1.38. The number of ketones is 1. The number of carboxylic acids is 1. The molecule has 0 heterocycles. The lowest BCUT2D eigenvalue weighted by Crippen LogP contribution is -2.23. The summed E-state index contributed by atoms with van der Waals surface area (Å²) in [6, 6.07) is 4.61. The molecular formula is C13H15ClO4. The number of benzene rings is 1. The molecule has 0 spiro atoms. The Morgan fingerprint density at radius 2 is 2.11 bits per heavy atom. The van der Waals surface area contributed by atoms with E-state index in [1.807, 2.05) is 6.92 Å². The van der Waals surface area contributed by atoms with Crippen molar-refractivity contribution < 1.29 is 19.4 Å². The van der Waals surface area contributed by atoms with Gasteiger partial charge in [-0.05, 0) is 31.5 Å². The topological polar surface area (TPSA) is 63.6 Å². The van der Waals surface area contributed by atoms with E-state index in [1.54, 1.807) is 6.07 Å². The number of carboxylic acid groups (broad SMARTS) is 1. The predicted molar refractivity (Wildman–Crippen MR) is 68.4 cm³/mol. The summed E-state index contributed by atoms with van der Waals surface area (Å²) in [7, 11) is 0. The number of carbonyl (C=O) groups is 2. The zero-order valence-electron chi connectivity index (χ0n) is 10.3. The molecule has 1 N–H and O–H groups in total. The second-order valence-corrected chi connectivity index (χ2v) is 4.32. The summed E-state index contributed by atoms with van der Waals surface area (Å²) in [5.41, 5.74) is 0.511. The molecule has 0 saturated heterocycles. The minimum atomic E-state index is -1.07. The van der Waals surface area contributed by atoms with Gasteiger partial charge in [0.15, 0.2) is 11.9 Å². The van der Waals surface area contributed by atoms with Crippen molar-refractivity contribution in [3.63, 3.8) is 0 Å². The molecule has 1 aromatic carbocycles. The summed E-state index contributed by atoms with van der Waals surface area (Å²) >= 11 is 5.95. The molecule has 1 rings (SSSR count). The average Bonchev–Trinajstić information content (AvgIpc) is 2.31. The third-order valence-corrected chi connectivity index (χ3v) is 2.68. The van der Waals surface area contributed by atoms with E-state index in [9.17, 15) is 9.59 Å². The number of rotatable bonds is 6.